The summed E-state index contributed by atoms with van der Waals surface area (Å²) in [4.78, 5) is 0. The van der Waals surface area contributed by atoms with Gasteiger partial charge in [0.25, 0.3) is 0 Å². The van der Waals surface area contributed by atoms with E-state index in [0.29, 0.717) is 0 Å². The predicted octanol–water partition coefficient (Wildman–Crippen LogP) is 4.43. The monoisotopic (exact) mass is 370 g/mol. The van der Waals surface area contributed by atoms with Crippen LogP contribution in [0.4, 0.5) is 0 Å². The average molecular weight is 371 g/mol. The van der Waals surface area contributed by atoms with Crippen LogP contribution in [0.5, 0.6) is 0 Å². The zero-order valence-corrected chi connectivity index (χ0v) is 18.2. The third kappa shape index (κ3) is 5.89. The van der Waals surface area contributed by atoms with Gasteiger partial charge in [0.15, 0.2) is 8.32 Å². The van der Waals surface area contributed by atoms with E-state index in [0.717, 1.165) is 32.3 Å². The lowest BCUT2D eigenvalue weighted by molar-refractivity contribution is 0.235. The second-order valence-corrected chi connectivity index (χ2v) is 14.3. The molecule has 25 heavy (non-hydrogen) atoms. The van der Waals surface area contributed by atoms with E-state index >= 15 is 0 Å². The van der Waals surface area contributed by atoms with Gasteiger partial charge in [0.1, 0.15) is 12.2 Å². The molecule has 4 atom stereocenters. The van der Waals surface area contributed by atoms with Crippen LogP contribution in [0.2, 0.25) is 18.1 Å². The van der Waals surface area contributed by atoms with Gasteiger partial charge < -0.3 is 19.0 Å². The maximum Gasteiger partial charge on any atom is 0.192 e. The van der Waals surface area contributed by atoms with E-state index in [4.69, 9.17) is 19.0 Å². The number of aliphatic hydroxyl groups is 1. The molecule has 2 fully saturated rings. The lowest BCUT2D eigenvalue weighted by Gasteiger charge is -2.36. The lowest BCUT2D eigenvalue weighted by Crippen LogP contribution is -2.42. The van der Waals surface area contributed by atoms with Crippen LogP contribution in [0.1, 0.15) is 60.3 Å². The van der Waals surface area contributed by atoms with Gasteiger partial charge in [-0.25, -0.2) is 0 Å². The van der Waals surface area contributed by atoms with Gasteiger partial charge in [-0.05, 0) is 57.7 Å². The summed E-state index contributed by atoms with van der Waals surface area (Å²) in [5.74, 6) is 0. The molecule has 0 aromatic heterocycles. The highest BCUT2D eigenvalue weighted by atomic mass is 28.4. The quantitative estimate of drug-likeness (QED) is 0.351. The molecule has 2 heterocycles. The van der Waals surface area contributed by atoms with Crippen molar-refractivity contribution in [2.24, 2.45) is 0 Å². The first-order chi connectivity index (χ1) is 11.5. The summed E-state index contributed by atoms with van der Waals surface area (Å²) in [5.41, 5.74) is 1.39. The van der Waals surface area contributed by atoms with E-state index in [1.54, 1.807) is 0 Å². The summed E-state index contributed by atoms with van der Waals surface area (Å²) in [6.45, 7) is 16.7. The number of hydrogen-bond donors (Lipinski definition) is 1. The van der Waals surface area contributed by atoms with E-state index < -0.39 is 8.32 Å². The molecule has 0 spiro atoms. The van der Waals surface area contributed by atoms with Crippen LogP contribution >= 0.6 is 0 Å². The topological polar surface area (TPSA) is 54.5 Å². The summed E-state index contributed by atoms with van der Waals surface area (Å²) >= 11 is 0. The Labute approximate surface area is 155 Å². The van der Waals surface area contributed by atoms with Crippen molar-refractivity contribution < 1.29 is 19.0 Å². The minimum absolute atomic E-state index is 0.0132. The molecule has 146 valence electrons. The first-order valence-electron chi connectivity index (χ1n) is 9.72. The third-order valence-corrected chi connectivity index (χ3v) is 10.8. The Morgan fingerprint density at radius 2 is 1.96 bits per heavy atom. The minimum atomic E-state index is -1.69. The van der Waals surface area contributed by atoms with E-state index in [9.17, 15) is 0 Å². The molecule has 5 heteroatoms. The van der Waals surface area contributed by atoms with Gasteiger partial charge in [0.2, 0.25) is 0 Å². The maximum absolute atomic E-state index is 8.98. The van der Waals surface area contributed by atoms with Crippen molar-refractivity contribution in [3.63, 3.8) is 0 Å². The number of allylic oxidation sites excluding steroid dienone is 2. The summed E-state index contributed by atoms with van der Waals surface area (Å²) in [7, 11) is -1.69. The fourth-order valence-corrected chi connectivity index (χ4v) is 3.89. The second-order valence-electron chi connectivity index (χ2n) is 9.51. The standard InChI is InChI=1S/C20H38O4Si/c1-15(10-11-16-17(13-21)23-16)9-8-12-20(5)18(24-20)14-22-25(6,7)19(2,3)4/h9,16-18,21H,8,10-14H2,1-7H3/b15-9+/t16-,17-,18-,20+/m0/s1. The Kier molecular flexibility index (Phi) is 6.59. The Morgan fingerprint density at radius 1 is 1.28 bits per heavy atom. The molecular formula is C20H38O4Si. The molecule has 0 bridgehead atoms. The molecule has 2 aliphatic heterocycles. The van der Waals surface area contributed by atoms with Crippen molar-refractivity contribution >= 4 is 8.32 Å². The highest BCUT2D eigenvalue weighted by molar-refractivity contribution is 6.74. The fraction of sp³-hybridized carbons (Fsp3) is 0.900. The number of ether oxygens (including phenoxy) is 2. The zero-order valence-electron chi connectivity index (χ0n) is 17.2. The normalized spacial score (nSPS) is 32.8. The Balaban J connectivity index is 1.64. The molecule has 2 rings (SSSR count). The Hall–Kier alpha value is -0.203. The maximum atomic E-state index is 8.98. The van der Waals surface area contributed by atoms with Crippen LogP contribution in [0.15, 0.2) is 11.6 Å². The smallest absolute Gasteiger partial charge is 0.192 e. The summed E-state index contributed by atoms with van der Waals surface area (Å²) in [6, 6.07) is 0. The Bertz CT molecular complexity index is 483. The molecular weight excluding hydrogens is 332 g/mol. The molecule has 0 aliphatic carbocycles. The molecule has 0 saturated carbocycles. The largest absolute Gasteiger partial charge is 0.414 e. The lowest BCUT2D eigenvalue weighted by atomic mass is 10.00. The molecule has 0 radical (unpaired) electrons. The van der Waals surface area contributed by atoms with Gasteiger partial charge in [-0.1, -0.05) is 32.4 Å². The number of epoxide rings is 2. The van der Waals surface area contributed by atoms with Gasteiger partial charge >= 0.3 is 0 Å². The van der Waals surface area contributed by atoms with Crippen LogP contribution in [-0.2, 0) is 13.9 Å². The second kappa shape index (κ2) is 7.81. The van der Waals surface area contributed by atoms with Gasteiger partial charge in [0.05, 0.1) is 24.9 Å². The van der Waals surface area contributed by atoms with Crippen LogP contribution in [0, 0.1) is 0 Å². The molecule has 0 aromatic rings. The first-order valence-corrected chi connectivity index (χ1v) is 12.6. The summed E-state index contributed by atoms with van der Waals surface area (Å²) < 4.78 is 17.6. The summed E-state index contributed by atoms with van der Waals surface area (Å²) in [6.07, 6.45) is 7.11. The number of aliphatic hydroxyl groups excluding tert-OH is 1. The molecule has 4 nitrogen and oxygen atoms in total. The molecule has 1 N–H and O–H groups in total. The highest BCUT2D eigenvalue weighted by Crippen LogP contribution is 2.43. The first kappa shape index (κ1) is 21.1. The molecule has 2 saturated heterocycles. The minimum Gasteiger partial charge on any atom is -0.414 e. The van der Waals surface area contributed by atoms with Crippen LogP contribution in [0.25, 0.3) is 0 Å². The van der Waals surface area contributed by atoms with Crippen molar-refractivity contribution in [1.29, 1.82) is 0 Å². The summed E-state index contributed by atoms with van der Waals surface area (Å²) in [5, 5.41) is 9.23. The van der Waals surface area contributed by atoms with Crippen LogP contribution in [0.3, 0.4) is 0 Å². The van der Waals surface area contributed by atoms with Crippen LogP contribution in [-0.4, -0.2) is 50.6 Å². The fourth-order valence-electron chi connectivity index (χ4n) is 2.89. The van der Waals surface area contributed by atoms with Crippen molar-refractivity contribution in [2.45, 2.75) is 102 Å². The average Bonchev–Trinajstić information content (AvgIpc) is 3.38. The Morgan fingerprint density at radius 3 is 2.52 bits per heavy atom. The van der Waals surface area contributed by atoms with Gasteiger partial charge in [-0.2, -0.15) is 0 Å². The van der Waals surface area contributed by atoms with Gasteiger partial charge in [-0.15, -0.1) is 0 Å². The molecule has 0 amide bonds. The van der Waals surface area contributed by atoms with Crippen molar-refractivity contribution in [1.82, 2.24) is 0 Å². The highest BCUT2D eigenvalue weighted by Gasteiger charge is 2.52. The van der Waals surface area contributed by atoms with E-state index in [-0.39, 0.29) is 35.6 Å². The third-order valence-electron chi connectivity index (χ3n) is 6.26. The van der Waals surface area contributed by atoms with Gasteiger partial charge in [-0.3, -0.25) is 0 Å². The van der Waals surface area contributed by atoms with E-state index in [2.05, 4.69) is 53.8 Å². The predicted molar refractivity (Wildman–Crippen MR) is 104 cm³/mol. The molecule has 0 unspecified atom stereocenters. The van der Waals surface area contributed by atoms with Crippen LogP contribution < -0.4 is 0 Å². The SMILES string of the molecule is C/C(=C\CC[C@@]1(C)O[C@H]1CO[Si](C)(C)C(C)(C)C)CC[C@@H]1O[C@H]1CO. The van der Waals surface area contributed by atoms with Crippen molar-refractivity contribution in [2.75, 3.05) is 13.2 Å². The zero-order chi connectivity index (χ0) is 18.9. The van der Waals surface area contributed by atoms with Crippen molar-refractivity contribution in [3.05, 3.63) is 11.6 Å². The van der Waals surface area contributed by atoms with Crippen molar-refractivity contribution in [3.8, 4) is 0 Å². The number of hydrogen-bond acceptors (Lipinski definition) is 4. The molecule has 0 aromatic carbocycles. The number of rotatable bonds is 10. The van der Waals surface area contributed by atoms with E-state index in [1.165, 1.54) is 5.57 Å². The van der Waals surface area contributed by atoms with Gasteiger partial charge in [0, 0.05) is 0 Å². The molecule has 2 aliphatic rings. The van der Waals surface area contributed by atoms with E-state index in [1.807, 2.05) is 0 Å².